The van der Waals surface area contributed by atoms with Gasteiger partial charge in [-0.05, 0) is 37.1 Å². The standard InChI is InChI=1S/C14H13BrN2OS/c1-9-5-10(2)7-11(6-9)18-13-12(8-15)17-3-4-19-14(17)16-13/h3-7H,8H2,1-2H3. The molecular weight excluding hydrogens is 324 g/mol. The average molecular weight is 337 g/mol. The van der Waals surface area contributed by atoms with Crippen LogP contribution in [0.5, 0.6) is 11.6 Å². The summed E-state index contributed by atoms with van der Waals surface area (Å²) in [6.45, 7) is 4.13. The summed E-state index contributed by atoms with van der Waals surface area (Å²) in [5.41, 5.74) is 3.42. The highest BCUT2D eigenvalue weighted by Gasteiger charge is 2.14. The molecule has 0 spiro atoms. The first kappa shape index (κ1) is 12.7. The van der Waals surface area contributed by atoms with Crippen LogP contribution >= 0.6 is 27.3 Å². The first-order valence-electron chi connectivity index (χ1n) is 5.94. The smallest absolute Gasteiger partial charge is 0.243 e. The zero-order valence-corrected chi connectivity index (χ0v) is 13.1. The summed E-state index contributed by atoms with van der Waals surface area (Å²) in [7, 11) is 0. The zero-order chi connectivity index (χ0) is 13.4. The first-order chi connectivity index (χ1) is 9.17. The maximum atomic E-state index is 5.95. The van der Waals surface area contributed by atoms with Crippen LogP contribution in [0, 0.1) is 13.8 Å². The highest BCUT2D eigenvalue weighted by molar-refractivity contribution is 9.08. The molecule has 1 aromatic carbocycles. The minimum absolute atomic E-state index is 0.675. The van der Waals surface area contributed by atoms with Crippen molar-refractivity contribution >= 4 is 32.2 Å². The number of rotatable bonds is 3. The van der Waals surface area contributed by atoms with E-state index >= 15 is 0 Å². The maximum Gasteiger partial charge on any atom is 0.243 e. The van der Waals surface area contributed by atoms with Crippen LogP contribution in [0.15, 0.2) is 29.8 Å². The van der Waals surface area contributed by atoms with Crippen molar-refractivity contribution in [1.82, 2.24) is 9.38 Å². The Morgan fingerprint density at radius 1 is 1.26 bits per heavy atom. The molecule has 2 heterocycles. The molecule has 3 aromatic rings. The van der Waals surface area contributed by atoms with Crippen LogP contribution in [-0.2, 0) is 5.33 Å². The fourth-order valence-corrected chi connectivity index (χ4v) is 3.35. The zero-order valence-electron chi connectivity index (χ0n) is 10.7. The largest absolute Gasteiger partial charge is 0.437 e. The Labute approximate surface area is 124 Å². The third kappa shape index (κ3) is 2.40. The molecule has 19 heavy (non-hydrogen) atoms. The number of benzene rings is 1. The van der Waals surface area contributed by atoms with Gasteiger partial charge in [0.15, 0.2) is 4.96 Å². The molecule has 3 nitrogen and oxygen atoms in total. The Hall–Kier alpha value is -1.33. The summed E-state index contributed by atoms with van der Waals surface area (Å²) < 4.78 is 8.00. The van der Waals surface area contributed by atoms with E-state index in [1.807, 2.05) is 23.7 Å². The van der Waals surface area contributed by atoms with E-state index in [4.69, 9.17) is 4.74 Å². The Morgan fingerprint density at radius 2 is 2.00 bits per heavy atom. The molecule has 0 aliphatic rings. The van der Waals surface area contributed by atoms with Crippen molar-refractivity contribution in [3.05, 3.63) is 46.6 Å². The molecule has 0 aliphatic heterocycles. The van der Waals surface area contributed by atoms with E-state index in [1.54, 1.807) is 11.3 Å². The minimum atomic E-state index is 0.675. The molecular formula is C14H13BrN2OS. The normalized spacial score (nSPS) is 11.1. The Balaban J connectivity index is 2.02. The van der Waals surface area contributed by atoms with Gasteiger partial charge in [0.05, 0.1) is 5.69 Å². The van der Waals surface area contributed by atoms with E-state index in [0.717, 1.165) is 16.4 Å². The fraction of sp³-hybridized carbons (Fsp3) is 0.214. The van der Waals surface area contributed by atoms with Crippen LogP contribution in [0.1, 0.15) is 16.8 Å². The van der Waals surface area contributed by atoms with Crippen molar-refractivity contribution < 1.29 is 4.74 Å². The summed E-state index contributed by atoms with van der Waals surface area (Å²) >= 11 is 5.10. The van der Waals surface area contributed by atoms with Crippen molar-refractivity contribution in [2.75, 3.05) is 0 Å². The van der Waals surface area contributed by atoms with Crippen molar-refractivity contribution in [2.45, 2.75) is 19.2 Å². The monoisotopic (exact) mass is 336 g/mol. The predicted octanol–water partition coefficient (Wildman–Crippen LogP) is 4.70. The summed E-state index contributed by atoms with van der Waals surface area (Å²) in [6.07, 6.45) is 2.01. The Bertz CT molecular complexity index is 712. The third-order valence-electron chi connectivity index (χ3n) is 2.86. The lowest BCUT2D eigenvalue weighted by atomic mass is 10.1. The molecule has 0 N–H and O–H groups in total. The average Bonchev–Trinajstić information content (AvgIpc) is 2.87. The second-order valence-corrected chi connectivity index (χ2v) is 5.91. The number of nitrogens with zero attached hydrogens (tertiary/aromatic N) is 2. The SMILES string of the molecule is Cc1cc(C)cc(Oc2nc3sccn3c2CBr)c1. The van der Waals surface area contributed by atoms with E-state index in [1.165, 1.54) is 11.1 Å². The quantitative estimate of drug-likeness (QED) is 0.648. The molecule has 0 unspecified atom stereocenters. The van der Waals surface area contributed by atoms with E-state index in [9.17, 15) is 0 Å². The third-order valence-corrected chi connectivity index (χ3v) is 4.15. The summed E-state index contributed by atoms with van der Waals surface area (Å²) in [6, 6.07) is 6.18. The van der Waals surface area contributed by atoms with Crippen molar-refractivity contribution in [3.63, 3.8) is 0 Å². The van der Waals surface area contributed by atoms with Crippen LogP contribution in [0.3, 0.4) is 0 Å². The van der Waals surface area contributed by atoms with Crippen LogP contribution in [0.2, 0.25) is 0 Å². The molecule has 3 rings (SSSR count). The van der Waals surface area contributed by atoms with Crippen LogP contribution in [0.4, 0.5) is 0 Å². The highest BCUT2D eigenvalue weighted by Crippen LogP contribution is 2.30. The lowest BCUT2D eigenvalue weighted by molar-refractivity contribution is 0.461. The van der Waals surface area contributed by atoms with Gasteiger partial charge >= 0.3 is 0 Å². The molecule has 0 saturated heterocycles. The lowest BCUT2D eigenvalue weighted by Gasteiger charge is -2.06. The van der Waals surface area contributed by atoms with Gasteiger partial charge in [-0.3, -0.25) is 4.40 Å². The van der Waals surface area contributed by atoms with Gasteiger partial charge in [-0.25, -0.2) is 0 Å². The number of fused-ring (bicyclic) bond motifs is 1. The molecule has 2 aromatic heterocycles. The Kier molecular flexibility index (Phi) is 3.33. The number of alkyl halides is 1. The van der Waals surface area contributed by atoms with Gasteiger partial charge in [-0.15, -0.1) is 11.3 Å². The van der Waals surface area contributed by atoms with E-state index in [0.29, 0.717) is 11.2 Å². The molecule has 0 radical (unpaired) electrons. The topological polar surface area (TPSA) is 26.5 Å². The van der Waals surface area contributed by atoms with Crippen LogP contribution in [0.25, 0.3) is 4.96 Å². The maximum absolute atomic E-state index is 5.95. The van der Waals surface area contributed by atoms with Crippen molar-refractivity contribution in [1.29, 1.82) is 0 Å². The fourth-order valence-electron chi connectivity index (χ4n) is 2.12. The number of aromatic nitrogens is 2. The van der Waals surface area contributed by atoms with Gasteiger partial charge in [0.1, 0.15) is 5.75 Å². The Morgan fingerprint density at radius 3 is 2.68 bits per heavy atom. The number of aryl methyl sites for hydroxylation is 2. The molecule has 0 fully saturated rings. The second-order valence-electron chi connectivity index (χ2n) is 4.48. The molecule has 0 aliphatic carbocycles. The molecule has 0 bridgehead atoms. The molecule has 5 heteroatoms. The number of thiazole rings is 1. The molecule has 98 valence electrons. The van der Waals surface area contributed by atoms with Gasteiger partial charge in [0.25, 0.3) is 0 Å². The predicted molar refractivity (Wildman–Crippen MR) is 81.7 cm³/mol. The number of hydrogen-bond donors (Lipinski definition) is 0. The first-order valence-corrected chi connectivity index (χ1v) is 7.94. The van der Waals surface area contributed by atoms with E-state index < -0.39 is 0 Å². The number of ether oxygens (including phenoxy) is 1. The molecule has 0 atom stereocenters. The van der Waals surface area contributed by atoms with Crippen LogP contribution in [-0.4, -0.2) is 9.38 Å². The summed E-state index contributed by atoms with van der Waals surface area (Å²) in [5.74, 6) is 1.51. The van der Waals surface area contributed by atoms with Gasteiger partial charge in [0.2, 0.25) is 5.88 Å². The lowest BCUT2D eigenvalue weighted by Crippen LogP contribution is -1.91. The second kappa shape index (κ2) is 4.98. The van der Waals surface area contributed by atoms with E-state index in [2.05, 4.69) is 45.2 Å². The van der Waals surface area contributed by atoms with Crippen LogP contribution < -0.4 is 4.74 Å². The highest BCUT2D eigenvalue weighted by atomic mass is 79.9. The number of imidazole rings is 1. The molecule has 0 saturated carbocycles. The number of halogens is 1. The van der Waals surface area contributed by atoms with Gasteiger partial charge in [-0.2, -0.15) is 4.98 Å². The van der Waals surface area contributed by atoms with Gasteiger partial charge in [-0.1, -0.05) is 22.0 Å². The van der Waals surface area contributed by atoms with Crippen molar-refractivity contribution in [3.8, 4) is 11.6 Å². The summed E-state index contributed by atoms with van der Waals surface area (Å²) in [4.78, 5) is 5.48. The minimum Gasteiger partial charge on any atom is -0.437 e. The van der Waals surface area contributed by atoms with E-state index in [-0.39, 0.29) is 0 Å². The molecule has 0 amide bonds. The number of hydrogen-bond acceptors (Lipinski definition) is 3. The van der Waals surface area contributed by atoms with Gasteiger partial charge in [0, 0.05) is 16.9 Å². The van der Waals surface area contributed by atoms with Gasteiger partial charge < -0.3 is 4.74 Å². The van der Waals surface area contributed by atoms with Crippen molar-refractivity contribution in [2.24, 2.45) is 0 Å². The summed E-state index contributed by atoms with van der Waals surface area (Å²) in [5, 5.41) is 2.74.